The van der Waals surface area contributed by atoms with E-state index in [2.05, 4.69) is 10.3 Å². The lowest BCUT2D eigenvalue weighted by atomic mass is 10.3. The van der Waals surface area contributed by atoms with Gasteiger partial charge in [-0.3, -0.25) is 4.98 Å². The van der Waals surface area contributed by atoms with E-state index in [0.29, 0.717) is 6.54 Å². The molecule has 0 atom stereocenters. The van der Waals surface area contributed by atoms with E-state index < -0.39 is 6.03 Å². The summed E-state index contributed by atoms with van der Waals surface area (Å²) in [7, 11) is 0. The Morgan fingerprint density at radius 3 is 2.94 bits per heavy atom. The highest BCUT2D eigenvalue weighted by Crippen LogP contribution is 2.25. The zero-order valence-corrected chi connectivity index (χ0v) is 9.33. The number of nitrogens with zero attached hydrogens (tertiary/aromatic N) is 1. The van der Waals surface area contributed by atoms with Gasteiger partial charge in [0.05, 0.1) is 17.1 Å². The first kappa shape index (κ1) is 10.6. The van der Waals surface area contributed by atoms with Crippen LogP contribution in [0.3, 0.4) is 0 Å². The quantitative estimate of drug-likeness (QED) is 0.851. The van der Waals surface area contributed by atoms with Crippen LogP contribution in [-0.4, -0.2) is 11.0 Å². The van der Waals surface area contributed by atoms with Crippen molar-refractivity contribution in [1.82, 2.24) is 10.3 Å². The molecule has 0 radical (unpaired) electrons. The monoisotopic (exact) mass is 233 g/mol. The smallest absolute Gasteiger partial charge is 0.312 e. The molecule has 0 aliphatic carbocycles. The molecule has 0 spiro atoms. The molecule has 2 heterocycles. The number of primary amides is 1. The van der Waals surface area contributed by atoms with E-state index in [0.717, 1.165) is 15.4 Å². The van der Waals surface area contributed by atoms with Crippen LogP contribution in [0.4, 0.5) is 4.79 Å². The Kier molecular flexibility index (Phi) is 3.16. The van der Waals surface area contributed by atoms with Crippen LogP contribution in [-0.2, 0) is 6.54 Å². The van der Waals surface area contributed by atoms with Gasteiger partial charge in [0.1, 0.15) is 0 Å². The molecule has 0 aliphatic heterocycles. The van der Waals surface area contributed by atoms with E-state index in [1.807, 2.05) is 30.3 Å². The van der Waals surface area contributed by atoms with E-state index in [9.17, 15) is 4.79 Å². The largest absolute Gasteiger partial charge is 0.352 e. The number of hydrogen-bond acceptors (Lipinski definition) is 3. The highest BCUT2D eigenvalue weighted by molar-refractivity contribution is 7.15. The number of nitrogens with one attached hydrogen (secondary N) is 1. The molecular weight excluding hydrogens is 222 g/mol. The van der Waals surface area contributed by atoms with E-state index in [4.69, 9.17) is 5.73 Å². The number of carbonyl (C=O) groups is 1. The predicted molar refractivity (Wildman–Crippen MR) is 64.0 cm³/mol. The lowest BCUT2D eigenvalue weighted by Crippen LogP contribution is -2.28. The number of hydrogen-bond donors (Lipinski definition) is 2. The summed E-state index contributed by atoms with van der Waals surface area (Å²) < 4.78 is 0. The zero-order chi connectivity index (χ0) is 11.4. The van der Waals surface area contributed by atoms with Gasteiger partial charge in [0.2, 0.25) is 0 Å². The van der Waals surface area contributed by atoms with Crippen LogP contribution in [0.15, 0.2) is 36.5 Å². The average Bonchev–Trinajstić information content (AvgIpc) is 2.76. The molecule has 0 saturated heterocycles. The van der Waals surface area contributed by atoms with Gasteiger partial charge in [-0.2, -0.15) is 0 Å². The van der Waals surface area contributed by atoms with Crippen molar-refractivity contribution in [3.8, 4) is 10.6 Å². The SMILES string of the molecule is NC(=O)NCc1ccc(-c2ccccn2)s1. The third kappa shape index (κ3) is 2.58. The Morgan fingerprint density at radius 2 is 2.25 bits per heavy atom. The molecule has 0 saturated carbocycles. The summed E-state index contributed by atoms with van der Waals surface area (Å²) in [6, 6.07) is 9.23. The van der Waals surface area contributed by atoms with E-state index >= 15 is 0 Å². The third-order valence-corrected chi connectivity index (χ3v) is 3.12. The molecule has 2 amide bonds. The Labute approximate surface area is 97.1 Å². The second kappa shape index (κ2) is 4.76. The van der Waals surface area contributed by atoms with Gasteiger partial charge in [-0.05, 0) is 24.3 Å². The normalized spacial score (nSPS) is 10.0. The third-order valence-electron chi connectivity index (χ3n) is 2.02. The van der Waals surface area contributed by atoms with Crippen molar-refractivity contribution in [1.29, 1.82) is 0 Å². The molecule has 82 valence electrons. The number of thiophene rings is 1. The highest BCUT2D eigenvalue weighted by Gasteiger charge is 2.03. The van der Waals surface area contributed by atoms with Crippen LogP contribution in [0, 0.1) is 0 Å². The summed E-state index contributed by atoms with van der Waals surface area (Å²) in [4.78, 5) is 16.9. The number of rotatable bonds is 3. The van der Waals surface area contributed by atoms with Crippen molar-refractivity contribution in [2.45, 2.75) is 6.54 Å². The molecule has 2 rings (SSSR count). The van der Waals surface area contributed by atoms with Gasteiger partial charge < -0.3 is 11.1 Å². The zero-order valence-electron chi connectivity index (χ0n) is 8.51. The molecular formula is C11H11N3OS. The van der Waals surface area contributed by atoms with E-state index in [-0.39, 0.29) is 0 Å². The Morgan fingerprint density at radius 1 is 1.38 bits per heavy atom. The van der Waals surface area contributed by atoms with Gasteiger partial charge in [-0.15, -0.1) is 11.3 Å². The minimum absolute atomic E-state index is 0.465. The second-order valence-corrected chi connectivity index (χ2v) is 4.37. The van der Waals surface area contributed by atoms with Crippen LogP contribution in [0.25, 0.3) is 10.6 Å². The number of pyridine rings is 1. The minimum atomic E-state index is -0.507. The van der Waals surface area contributed by atoms with Gasteiger partial charge in [-0.1, -0.05) is 6.07 Å². The van der Waals surface area contributed by atoms with Crippen molar-refractivity contribution < 1.29 is 4.79 Å². The Hall–Kier alpha value is -1.88. The van der Waals surface area contributed by atoms with E-state index in [1.165, 1.54) is 0 Å². The molecule has 0 aliphatic rings. The number of amides is 2. The van der Waals surface area contributed by atoms with Gasteiger partial charge in [0.25, 0.3) is 0 Å². The van der Waals surface area contributed by atoms with Crippen molar-refractivity contribution in [3.05, 3.63) is 41.4 Å². The molecule has 0 aromatic carbocycles. The van der Waals surface area contributed by atoms with Crippen LogP contribution in [0.1, 0.15) is 4.88 Å². The number of nitrogens with two attached hydrogens (primary N) is 1. The first-order chi connectivity index (χ1) is 7.75. The molecule has 5 heteroatoms. The maximum absolute atomic E-state index is 10.6. The van der Waals surface area contributed by atoms with E-state index in [1.54, 1.807) is 17.5 Å². The molecule has 2 aromatic heterocycles. The molecule has 0 unspecified atom stereocenters. The van der Waals surface area contributed by atoms with Gasteiger partial charge in [0.15, 0.2) is 0 Å². The summed E-state index contributed by atoms with van der Waals surface area (Å²) in [5.41, 5.74) is 5.94. The molecule has 0 bridgehead atoms. The highest BCUT2D eigenvalue weighted by atomic mass is 32.1. The summed E-state index contributed by atoms with van der Waals surface area (Å²) in [5.74, 6) is 0. The van der Waals surface area contributed by atoms with Crippen LogP contribution in [0.2, 0.25) is 0 Å². The fraction of sp³-hybridized carbons (Fsp3) is 0.0909. The van der Waals surface area contributed by atoms with Gasteiger partial charge >= 0.3 is 6.03 Å². The van der Waals surface area contributed by atoms with Crippen molar-refractivity contribution >= 4 is 17.4 Å². The summed E-state index contributed by atoms with van der Waals surface area (Å²) in [5, 5.41) is 2.56. The fourth-order valence-corrected chi connectivity index (χ4v) is 2.22. The lowest BCUT2D eigenvalue weighted by molar-refractivity contribution is 0.248. The summed E-state index contributed by atoms with van der Waals surface area (Å²) >= 11 is 1.60. The molecule has 4 nitrogen and oxygen atoms in total. The molecule has 2 aromatic rings. The van der Waals surface area contributed by atoms with Crippen LogP contribution < -0.4 is 11.1 Å². The molecule has 3 N–H and O–H groups in total. The number of urea groups is 1. The Bertz CT molecular complexity index is 481. The first-order valence-electron chi connectivity index (χ1n) is 4.79. The van der Waals surface area contributed by atoms with Crippen molar-refractivity contribution in [2.24, 2.45) is 5.73 Å². The number of carbonyl (C=O) groups excluding carboxylic acids is 1. The first-order valence-corrected chi connectivity index (χ1v) is 5.61. The van der Waals surface area contributed by atoms with Crippen LogP contribution >= 0.6 is 11.3 Å². The Balaban J connectivity index is 2.11. The molecule has 16 heavy (non-hydrogen) atoms. The van der Waals surface area contributed by atoms with Gasteiger partial charge in [-0.25, -0.2) is 4.79 Å². The van der Waals surface area contributed by atoms with Gasteiger partial charge in [0, 0.05) is 11.1 Å². The number of aromatic nitrogens is 1. The second-order valence-electron chi connectivity index (χ2n) is 3.20. The summed E-state index contributed by atoms with van der Waals surface area (Å²) in [6.07, 6.45) is 1.76. The lowest BCUT2D eigenvalue weighted by Gasteiger charge is -1.97. The topological polar surface area (TPSA) is 68.0 Å². The van der Waals surface area contributed by atoms with Crippen molar-refractivity contribution in [2.75, 3.05) is 0 Å². The average molecular weight is 233 g/mol. The van der Waals surface area contributed by atoms with Crippen molar-refractivity contribution in [3.63, 3.8) is 0 Å². The maximum Gasteiger partial charge on any atom is 0.312 e. The minimum Gasteiger partial charge on any atom is -0.352 e. The molecule has 0 fully saturated rings. The van der Waals surface area contributed by atoms with Crippen LogP contribution in [0.5, 0.6) is 0 Å². The summed E-state index contributed by atoms with van der Waals surface area (Å²) in [6.45, 7) is 0.465. The fourth-order valence-electron chi connectivity index (χ4n) is 1.29. The predicted octanol–water partition coefficient (Wildman–Crippen LogP) is 1.98. The maximum atomic E-state index is 10.6. The standard InChI is InChI=1S/C11H11N3OS/c12-11(15)14-7-8-4-5-10(16-8)9-3-1-2-6-13-9/h1-6H,7H2,(H3,12,14,15).